The largest absolute Gasteiger partial charge is 0.416 e. The molecule has 0 aromatic heterocycles. The number of ketones is 1. The first-order chi connectivity index (χ1) is 17.2. The lowest BCUT2D eigenvalue weighted by molar-refractivity contribution is -0.137. The van der Waals surface area contributed by atoms with Gasteiger partial charge in [0.05, 0.1) is 5.56 Å². The van der Waals surface area contributed by atoms with E-state index in [4.69, 9.17) is 0 Å². The number of carbonyl (C=O) groups is 2. The summed E-state index contributed by atoms with van der Waals surface area (Å²) in [5.41, 5.74) is 2.37. The van der Waals surface area contributed by atoms with Crippen LogP contribution in [0, 0.1) is 18.3 Å². The molecule has 0 unspecified atom stereocenters. The summed E-state index contributed by atoms with van der Waals surface area (Å²) in [6.45, 7) is 11.7. The fourth-order valence-electron chi connectivity index (χ4n) is 4.73. The zero-order valence-electron chi connectivity index (χ0n) is 22.6. The molecule has 1 aliphatic heterocycles. The number of hydrogen-bond donors (Lipinski definition) is 0. The molecule has 7 heteroatoms. The molecule has 1 heterocycles. The molecule has 0 atom stereocenters. The van der Waals surface area contributed by atoms with E-state index in [1.54, 1.807) is 19.2 Å². The predicted molar refractivity (Wildman–Crippen MR) is 142 cm³/mol. The minimum atomic E-state index is -4.42. The number of benzene rings is 2. The normalized spacial score (nSPS) is 15.6. The highest BCUT2D eigenvalue weighted by Crippen LogP contribution is 2.31. The van der Waals surface area contributed by atoms with Gasteiger partial charge in [-0.2, -0.15) is 13.2 Å². The van der Waals surface area contributed by atoms with Crippen molar-refractivity contribution in [1.29, 1.82) is 0 Å². The highest BCUT2D eigenvalue weighted by Gasteiger charge is 2.30. The topological polar surface area (TPSA) is 40.6 Å². The van der Waals surface area contributed by atoms with Crippen molar-refractivity contribution in [2.75, 3.05) is 31.6 Å². The first-order valence-corrected chi connectivity index (χ1v) is 13.0. The summed E-state index contributed by atoms with van der Waals surface area (Å²) in [5.74, 6) is 0.144. The number of carbonyl (C=O) groups excluding carboxylic acids is 2. The monoisotopic (exact) mass is 516 g/mol. The lowest BCUT2D eigenvalue weighted by atomic mass is 9.87. The molecule has 4 nitrogen and oxygen atoms in total. The van der Waals surface area contributed by atoms with Crippen molar-refractivity contribution >= 4 is 17.4 Å². The Labute approximate surface area is 218 Å². The molecule has 1 fully saturated rings. The highest BCUT2D eigenvalue weighted by atomic mass is 19.4. The van der Waals surface area contributed by atoms with Crippen LogP contribution >= 0.6 is 0 Å². The molecule has 0 radical (unpaired) electrons. The fourth-order valence-corrected chi connectivity index (χ4v) is 4.73. The summed E-state index contributed by atoms with van der Waals surface area (Å²) in [6, 6.07) is 9.93. The third-order valence-electron chi connectivity index (χ3n) is 7.34. The number of amides is 1. The molecule has 1 amide bonds. The number of rotatable bonds is 8. The van der Waals surface area contributed by atoms with Gasteiger partial charge in [-0.15, -0.1) is 0 Å². The third kappa shape index (κ3) is 8.16. The van der Waals surface area contributed by atoms with Gasteiger partial charge in [0, 0.05) is 30.6 Å². The van der Waals surface area contributed by atoms with Crippen LogP contribution < -0.4 is 4.90 Å². The highest BCUT2D eigenvalue weighted by molar-refractivity contribution is 6.05. The molecule has 0 bridgehead atoms. The van der Waals surface area contributed by atoms with E-state index >= 15 is 0 Å². The number of halogens is 3. The summed E-state index contributed by atoms with van der Waals surface area (Å²) in [5, 5.41) is 0. The Morgan fingerprint density at radius 2 is 1.62 bits per heavy atom. The van der Waals surface area contributed by atoms with Crippen molar-refractivity contribution in [1.82, 2.24) is 4.90 Å². The van der Waals surface area contributed by atoms with E-state index in [1.165, 1.54) is 17.0 Å². The average Bonchev–Trinajstić information content (AvgIpc) is 2.85. The van der Waals surface area contributed by atoms with Gasteiger partial charge in [-0.25, -0.2) is 0 Å². The maximum atomic E-state index is 12.9. The van der Waals surface area contributed by atoms with Crippen molar-refractivity contribution in [2.24, 2.45) is 11.3 Å². The quantitative estimate of drug-likeness (QED) is 0.382. The van der Waals surface area contributed by atoms with Crippen LogP contribution in [-0.4, -0.2) is 43.3 Å². The summed E-state index contributed by atoms with van der Waals surface area (Å²) in [7, 11) is 1.54. The number of hydrogen-bond acceptors (Lipinski definition) is 3. The zero-order valence-corrected chi connectivity index (χ0v) is 22.6. The number of anilines is 1. The maximum absolute atomic E-state index is 12.9. The summed E-state index contributed by atoms with van der Waals surface area (Å²) in [6.07, 6.45) is -0.288. The van der Waals surface area contributed by atoms with E-state index in [0.29, 0.717) is 35.3 Å². The minimum absolute atomic E-state index is 0.129. The Balaban J connectivity index is 1.52. The second-order valence-electron chi connectivity index (χ2n) is 11.4. The molecule has 0 N–H and O–H groups in total. The summed E-state index contributed by atoms with van der Waals surface area (Å²) < 4.78 is 38.5. The summed E-state index contributed by atoms with van der Waals surface area (Å²) >= 11 is 0. The molecule has 2 aromatic rings. The molecular weight excluding hydrogens is 477 g/mol. The van der Waals surface area contributed by atoms with E-state index in [2.05, 4.69) is 25.7 Å². The van der Waals surface area contributed by atoms with Gasteiger partial charge in [0.25, 0.3) is 5.91 Å². The first kappa shape index (κ1) is 28.9. The van der Waals surface area contributed by atoms with Crippen molar-refractivity contribution in [3.05, 3.63) is 64.7 Å². The number of nitrogens with zero attached hydrogens (tertiary/aromatic N) is 2. The maximum Gasteiger partial charge on any atom is 0.416 e. The van der Waals surface area contributed by atoms with Crippen LogP contribution in [0.1, 0.15) is 73.5 Å². The van der Waals surface area contributed by atoms with Crippen LogP contribution in [0.5, 0.6) is 0 Å². The standard InChI is InChI=1S/C30H39F3N2O2/c1-21-20-24(28(37)34(5)26-11-9-25(10-12-26)30(31,32)33)7-6-22(21)8-13-27(36)23-14-17-35(18-15-23)19-16-29(2,3)4/h6-7,9-12,20,23H,8,13-19H2,1-5H3. The van der Waals surface area contributed by atoms with E-state index in [0.717, 1.165) is 62.2 Å². The van der Waals surface area contributed by atoms with Crippen LogP contribution in [0.15, 0.2) is 42.5 Å². The van der Waals surface area contributed by atoms with Gasteiger partial charge >= 0.3 is 6.18 Å². The average molecular weight is 517 g/mol. The first-order valence-electron chi connectivity index (χ1n) is 13.0. The molecule has 0 saturated carbocycles. The molecule has 0 aliphatic carbocycles. The number of piperidine rings is 1. The minimum Gasteiger partial charge on any atom is -0.311 e. The van der Waals surface area contributed by atoms with Crippen molar-refractivity contribution in [2.45, 2.75) is 66.0 Å². The van der Waals surface area contributed by atoms with Gasteiger partial charge in [-0.05, 0) is 105 Å². The lowest BCUT2D eigenvalue weighted by Crippen LogP contribution is -2.38. The van der Waals surface area contributed by atoms with Crippen molar-refractivity contribution < 1.29 is 22.8 Å². The molecule has 2 aromatic carbocycles. The number of aryl methyl sites for hydroxylation is 2. The number of likely N-dealkylation sites (tertiary alicyclic amines) is 1. The SMILES string of the molecule is Cc1cc(C(=O)N(C)c2ccc(C(F)(F)F)cc2)ccc1CCC(=O)C1CCN(CCC(C)(C)C)CC1. The zero-order chi connectivity index (χ0) is 27.4. The molecule has 1 aliphatic rings. The fraction of sp³-hybridized carbons (Fsp3) is 0.533. The second kappa shape index (κ2) is 11.8. The molecular formula is C30H39F3N2O2. The van der Waals surface area contributed by atoms with Crippen LogP contribution in [0.2, 0.25) is 0 Å². The van der Waals surface area contributed by atoms with E-state index < -0.39 is 11.7 Å². The van der Waals surface area contributed by atoms with Crippen LogP contribution in [-0.2, 0) is 17.4 Å². The Morgan fingerprint density at radius 3 is 2.16 bits per heavy atom. The van der Waals surface area contributed by atoms with Gasteiger partial charge in [0.1, 0.15) is 5.78 Å². The Hall–Kier alpha value is -2.67. The van der Waals surface area contributed by atoms with Crippen LogP contribution in [0.25, 0.3) is 0 Å². The Morgan fingerprint density at radius 1 is 1.00 bits per heavy atom. The van der Waals surface area contributed by atoms with E-state index in [9.17, 15) is 22.8 Å². The van der Waals surface area contributed by atoms with Gasteiger partial charge < -0.3 is 9.80 Å². The van der Waals surface area contributed by atoms with Crippen LogP contribution in [0.4, 0.5) is 18.9 Å². The second-order valence-corrected chi connectivity index (χ2v) is 11.4. The lowest BCUT2D eigenvalue weighted by Gasteiger charge is -2.33. The summed E-state index contributed by atoms with van der Waals surface area (Å²) in [4.78, 5) is 29.6. The smallest absolute Gasteiger partial charge is 0.311 e. The number of Topliss-reactive ketones (excluding diaryl/α,β-unsaturated/α-hetero) is 1. The Bertz CT molecular complexity index is 1080. The van der Waals surface area contributed by atoms with Gasteiger partial charge in [0.15, 0.2) is 0 Å². The molecule has 0 spiro atoms. The number of alkyl halides is 3. The molecule has 1 saturated heterocycles. The molecule has 202 valence electrons. The van der Waals surface area contributed by atoms with Crippen molar-refractivity contribution in [3.8, 4) is 0 Å². The molecule has 3 rings (SSSR count). The van der Waals surface area contributed by atoms with Gasteiger partial charge in [-0.1, -0.05) is 26.8 Å². The predicted octanol–water partition coefficient (Wildman–Crippen LogP) is 6.94. The third-order valence-corrected chi connectivity index (χ3v) is 7.34. The van der Waals surface area contributed by atoms with E-state index in [1.807, 2.05) is 13.0 Å². The van der Waals surface area contributed by atoms with Gasteiger partial charge in [0.2, 0.25) is 0 Å². The van der Waals surface area contributed by atoms with Crippen LogP contribution in [0.3, 0.4) is 0 Å². The van der Waals surface area contributed by atoms with Gasteiger partial charge in [-0.3, -0.25) is 9.59 Å². The Kier molecular flexibility index (Phi) is 9.22. The van der Waals surface area contributed by atoms with E-state index in [-0.39, 0.29) is 11.8 Å². The molecule has 37 heavy (non-hydrogen) atoms. The van der Waals surface area contributed by atoms with Crippen molar-refractivity contribution in [3.63, 3.8) is 0 Å².